The maximum absolute atomic E-state index is 12.4. The van der Waals surface area contributed by atoms with Crippen LogP contribution in [0, 0.1) is 0 Å². The van der Waals surface area contributed by atoms with E-state index in [9.17, 15) is 22.8 Å². The van der Waals surface area contributed by atoms with Gasteiger partial charge in [0.1, 0.15) is 0 Å². The molecule has 0 spiro atoms. The number of carbonyl (C=O) groups excluding carboxylic acids is 2. The Morgan fingerprint density at radius 2 is 1.77 bits per heavy atom. The van der Waals surface area contributed by atoms with E-state index < -0.39 is 23.6 Å². The zero-order valence-corrected chi connectivity index (χ0v) is 14.6. The lowest BCUT2D eigenvalue weighted by atomic mass is 10.1. The molecule has 2 aromatic rings. The van der Waals surface area contributed by atoms with Gasteiger partial charge in [0.15, 0.2) is 0 Å². The van der Waals surface area contributed by atoms with Gasteiger partial charge in [-0.1, -0.05) is 30.8 Å². The van der Waals surface area contributed by atoms with E-state index in [-0.39, 0.29) is 10.8 Å². The number of rotatable bonds is 5. The van der Waals surface area contributed by atoms with Crippen LogP contribution in [0.3, 0.4) is 0 Å². The molecular formula is C17H16F3N3O2S. The van der Waals surface area contributed by atoms with Crippen LogP contribution in [-0.4, -0.2) is 22.6 Å². The highest BCUT2D eigenvalue weighted by Gasteiger charge is 2.30. The molecule has 2 N–H and O–H groups in total. The van der Waals surface area contributed by atoms with Crippen LogP contribution in [0.15, 0.2) is 47.6 Å². The Hall–Kier alpha value is -2.55. The van der Waals surface area contributed by atoms with Crippen molar-refractivity contribution in [2.75, 3.05) is 5.75 Å². The number of pyridine rings is 1. The number of hydrazine groups is 1. The number of carbonyl (C=O) groups is 2. The van der Waals surface area contributed by atoms with E-state index in [0.717, 1.165) is 29.8 Å². The van der Waals surface area contributed by atoms with Crippen molar-refractivity contribution in [1.29, 1.82) is 0 Å². The molecule has 0 unspecified atom stereocenters. The average molecular weight is 383 g/mol. The first-order chi connectivity index (χ1) is 12.3. The summed E-state index contributed by atoms with van der Waals surface area (Å²) in [6, 6.07) is 9.04. The molecule has 0 atom stereocenters. The molecule has 0 saturated carbocycles. The molecule has 0 aliphatic heterocycles. The Labute approximate surface area is 152 Å². The van der Waals surface area contributed by atoms with Crippen molar-refractivity contribution >= 4 is 23.6 Å². The van der Waals surface area contributed by atoms with Crippen molar-refractivity contribution < 1.29 is 22.8 Å². The van der Waals surface area contributed by atoms with Gasteiger partial charge in [-0.25, -0.2) is 4.98 Å². The van der Waals surface area contributed by atoms with Gasteiger partial charge >= 0.3 is 6.18 Å². The van der Waals surface area contributed by atoms with Crippen LogP contribution >= 0.6 is 11.8 Å². The average Bonchev–Trinajstić information content (AvgIpc) is 2.64. The quantitative estimate of drug-likeness (QED) is 0.614. The first-order valence-corrected chi connectivity index (χ1v) is 8.62. The number of nitrogens with one attached hydrogen (secondary N) is 2. The van der Waals surface area contributed by atoms with Crippen molar-refractivity contribution in [2.24, 2.45) is 0 Å². The van der Waals surface area contributed by atoms with Crippen LogP contribution < -0.4 is 10.9 Å². The minimum absolute atomic E-state index is 0.104. The molecule has 0 saturated heterocycles. The number of hydrogen-bond acceptors (Lipinski definition) is 4. The molecule has 0 fully saturated rings. The van der Waals surface area contributed by atoms with Crippen LogP contribution in [0.4, 0.5) is 13.2 Å². The smallest absolute Gasteiger partial charge is 0.272 e. The minimum Gasteiger partial charge on any atom is -0.272 e. The number of benzene rings is 1. The van der Waals surface area contributed by atoms with Gasteiger partial charge in [-0.05, 0) is 36.2 Å². The predicted molar refractivity (Wildman–Crippen MR) is 91.4 cm³/mol. The molecular weight excluding hydrogens is 367 g/mol. The number of aromatic nitrogens is 1. The first kappa shape index (κ1) is 19.8. The summed E-state index contributed by atoms with van der Waals surface area (Å²) < 4.78 is 37.3. The molecule has 0 bridgehead atoms. The molecule has 1 aromatic carbocycles. The molecule has 1 aromatic heterocycles. The highest BCUT2D eigenvalue weighted by Crippen LogP contribution is 2.29. The third kappa shape index (κ3) is 5.76. The summed E-state index contributed by atoms with van der Waals surface area (Å²) in [4.78, 5) is 27.3. The van der Waals surface area contributed by atoms with Crippen LogP contribution in [0.2, 0.25) is 0 Å². The van der Waals surface area contributed by atoms with Crippen LogP contribution in [0.5, 0.6) is 0 Å². The Balaban J connectivity index is 1.78. The summed E-state index contributed by atoms with van der Waals surface area (Å²) >= 11 is 0.958. The number of alkyl halides is 3. The second-order valence-corrected chi connectivity index (χ2v) is 6.22. The number of aryl methyl sites for hydroxylation is 1. The van der Waals surface area contributed by atoms with Crippen molar-refractivity contribution in [1.82, 2.24) is 15.8 Å². The summed E-state index contributed by atoms with van der Waals surface area (Å²) in [6.07, 6.45) is -2.89. The van der Waals surface area contributed by atoms with Crippen LogP contribution in [0.1, 0.15) is 28.4 Å². The number of nitrogens with zero attached hydrogens (tertiary/aromatic N) is 1. The summed E-state index contributed by atoms with van der Waals surface area (Å²) in [6.45, 7) is 2.00. The standard InChI is InChI=1S/C17H16F3N3O2S/c1-2-11-3-5-12(6-4-11)16(25)23-22-14(24)10-26-15-8-7-13(9-21-15)17(18,19)20/h3-9H,2,10H2,1H3,(H,22,24)(H,23,25). The number of hydrogen-bond donors (Lipinski definition) is 2. The lowest BCUT2D eigenvalue weighted by molar-refractivity contribution is -0.137. The Morgan fingerprint density at radius 3 is 2.31 bits per heavy atom. The summed E-state index contributed by atoms with van der Waals surface area (Å²) in [5.74, 6) is -1.07. The zero-order chi connectivity index (χ0) is 19.2. The highest BCUT2D eigenvalue weighted by atomic mass is 32.2. The van der Waals surface area contributed by atoms with Gasteiger partial charge in [-0.3, -0.25) is 20.4 Å². The number of halogens is 3. The van der Waals surface area contributed by atoms with Crippen molar-refractivity contribution in [3.05, 3.63) is 59.3 Å². The van der Waals surface area contributed by atoms with E-state index in [1.165, 1.54) is 6.07 Å². The zero-order valence-electron chi connectivity index (χ0n) is 13.8. The van der Waals surface area contributed by atoms with Crippen molar-refractivity contribution in [3.63, 3.8) is 0 Å². The second-order valence-electron chi connectivity index (χ2n) is 5.22. The Bertz CT molecular complexity index is 762. The van der Waals surface area contributed by atoms with Crippen LogP contribution in [0.25, 0.3) is 0 Å². The summed E-state index contributed by atoms with van der Waals surface area (Å²) in [5.41, 5.74) is 5.17. The van der Waals surface area contributed by atoms with Gasteiger partial charge in [0.25, 0.3) is 5.91 Å². The topological polar surface area (TPSA) is 71.1 Å². The molecule has 5 nitrogen and oxygen atoms in total. The third-order valence-corrected chi connectivity index (χ3v) is 4.30. The number of amides is 2. The minimum atomic E-state index is -4.45. The maximum atomic E-state index is 12.4. The van der Waals surface area contributed by atoms with E-state index in [0.29, 0.717) is 11.8 Å². The number of thioether (sulfide) groups is 1. The van der Waals surface area contributed by atoms with Gasteiger partial charge < -0.3 is 0 Å². The molecule has 0 aliphatic rings. The summed E-state index contributed by atoms with van der Waals surface area (Å²) in [7, 11) is 0. The van der Waals surface area contributed by atoms with Gasteiger partial charge in [0.2, 0.25) is 5.91 Å². The lowest BCUT2D eigenvalue weighted by Gasteiger charge is -2.08. The maximum Gasteiger partial charge on any atom is 0.417 e. The molecule has 1 heterocycles. The van der Waals surface area contributed by atoms with Crippen molar-refractivity contribution in [3.8, 4) is 0 Å². The van der Waals surface area contributed by atoms with Gasteiger partial charge in [-0.2, -0.15) is 13.2 Å². The molecule has 2 rings (SSSR count). The monoisotopic (exact) mass is 383 g/mol. The highest BCUT2D eigenvalue weighted by molar-refractivity contribution is 7.99. The van der Waals surface area contributed by atoms with Crippen LogP contribution in [-0.2, 0) is 17.4 Å². The largest absolute Gasteiger partial charge is 0.417 e. The first-order valence-electron chi connectivity index (χ1n) is 7.63. The van der Waals surface area contributed by atoms with Crippen molar-refractivity contribution in [2.45, 2.75) is 24.5 Å². The van der Waals surface area contributed by atoms with E-state index in [1.54, 1.807) is 12.1 Å². The second kappa shape index (κ2) is 8.70. The summed E-state index contributed by atoms with van der Waals surface area (Å²) in [5, 5.41) is 0.273. The fourth-order valence-corrected chi connectivity index (χ4v) is 2.54. The van der Waals surface area contributed by atoms with E-state index in [1.807, 2.05) is 19.1 Å². The Morgan fingerprint density at radius 1 is 1.08 bits per heavy atom. The SMILES string of the molecule is CCc1ccc(C(=O)NNC(=O)CSc2ccc(C(F)(F)F)cn2)cc1. The van der Waals surface area contributed by atoms with Gasteiger partial charge in [0.05, 0.1) is 16.3 Å². The molecule has 2 amide bonds. The Kier molecular flexibility index (Phi) is 6.62. The lowest BCUT2D eigenvalue weighted by Crippen LogP contribution is -2.42. The molecule has 0 radical (unpaired) electrons. The molecule has 0 aliphatic carbocycles. The fourth-order valence-electron chi connectivity index (χ4n) is 1.90. The van der Waals surface area contributed by atoms with E-state index >= 15 is 0 Å². The molecule has 9 heteroatoms. The van der Waals surface area contributed by atoms with E-state index in [2.05, 4.69) is 15.8 Å². The van der Waals surface area contributed by atoms with Gasteiger partial charge in [-0.15, -0.1) is 0 Å². The van der Waals surface area contributed by atoms with E-state index in [4.69, 9.17) is 0 Å². The van der Waals surface area contributed by atoms with Gasteiger partial charge in [0, 0.05) is 11.8 Å². The molecule has 138 valence electrons. The fraction of sp³-hybridized carbons (Fsp3) is 0.235. The predicted octanol–water partition coefficient (Wildman–Crippen LogP) is 3.22. The third-order valence-electron chi connectivity index (χ3n) is 3.35. The normalized spacial score (nSPS) is 11.1. The molecule has 26 heavy (non-hydrogen) atoms.